The molecule has 0 saturated heterocycles. The molecule has 1 heterocycles. The molecule has 0 aliphatic rings. The Balaban J connectivity index is 1.63. The van der Waals surface area contributed by atoms with Crippen LogP contribution in [0.25, 0.3) is 11.1 Å². The Bertz CT molecular complexity index is 993. The molecule has 0 aliphatic heterocycles. The van der Waals surface area contributed by atoms with Gasteiger partial charge in [0.25, 0.3) is 0 Å². The molecule has 160 valence electrons. The zero-order chi connectivity index (χ0) is 22.1. The minimum Gasteiger partial charge on any atom is -0.353 e. The molecule has 3 aromatic rings. The van der Waals surface area contributed by atoms with Gasteiger partial charge in [0.05, 0.1) is 6.04 Å². The molecule has 0 saturated carbocycles. The maximum atomic E-state index is 12.5. The first-order chi connectivity index (χ1) is 15.0. The van der Waals surface area contributed by atoms with Crippen LogP contribution < -0.4 is 16.4 Å². The monoisotopic (exact) mass is 416 g/mol. The summed E-state index contributed by atoms with van der Waals surface area (Å²) in [7, 11) is 0. The van der Waals surface area contributed by atoms with E-state index in [0.29, 0.717) is 19.4 Å². The maximum Gasteiger partial charge on any atom is 0.237 e. The number of benzene rings is 2. The summed E-state index contributed by atoms with van der Waals surface area (Å²) < 4.78 is 0. The SMILES string of the molecule is CC(=O)N[C@@H](Cc1cccc(-c2ccncc2)c1)C[C@H](N)C(=O)NCc1ccccc1. The number of hydrogen-bond donors (Lipinski definition) is 3. The lowest BCUT2D eigenvalue weighted by atomic mass is 9.96. The highest BCUT2D eigenvalue weighted by Gasteiger charge is 2.20. The predicted molar refractivity (Wildman–Crippen MR) is 122 cm³/mol. The van der Waals surface area contributed by atoms with Gasteiger partial charge in [-0.25, -0.2) is 0 Å². The van der Waals surface area contributed by atoms with Gasteiger partial charge in [-0.2, -0.15) is 0 Å². The molecule has 0 bridgehead atoms. The Kier molecular flexibility index (Phi) is 7.90. The topological polar surface area (TPSA) is 97.1 Å². The van der Waals surface area contributed by atoms with E-state index in [0.717, 1.165) is 22.3 Å². The third kappa shape index (κ3) is 7.04. The van der Waals surface area contributed by atoms with Crippen molar-refractivity contribution in [2.45, 2.75) is 38.4 Å². The van der Waals surface area contributed by atoms with E-state index < -0.39 is 6.04 Å². The van der Waals surface area contributed by atoms with E-state index in [4.69, 9.17) is 5.73 Å². The Morgan fingerprint density at radius 2 is 1.65 bits per heavy atom. The molecule has 0 aliphatic carbocycles. The standard InChI is InChI=1S/C25H28N4O2/c1-18(30)29-23(16-24(26)25(31)28-17-19-6-3-2-4-7-19)15-20-8-5-9-22(14-20)21-10-12-27-13-11-21/h2-14,23-24H,15-17,26H2,1H3,(H,28,31)(H,29,30)/t23-,24-/m0/s1. The lowest BCUT2D eigenvalue weighted by molar-refractivity contribution is -0.124. The third-order valence-corrected chi connectivity index (χ3v) is 5.01. The molecule has 6 heteroatoms. The number of amides is 2. The molecular weight excluding hydrogens is 388 g/mol. The Labute approximate surface area is 182 Å². The van der Waals surface area contributed by atoms with E-state index in [1.165, 1.54) is 6.92 Å². The smallest absolute Gasteiger partial charge is 0.237 e. The van der Waals surface area contributed by atoms with Crippen LogP contribution in [0.5, 0.6) is 0 Å². The zero-order valence-corrected chi connectivity index (χ0v) is 17.6. The van der Waals surface area contributed by atoms with Crippen molar-refractivity contribution in [1.29, 1.82) is 0 Å². The molecule has 3 rings (SSSR count). The van der Waals surface area contributed by atoms with Gasteiger partial charge in [0.15, 0.2) is 0 Å². The third-order valence-electron chi connectivity index (χ3n) is 5.01. The second-order valence-corrected chi connectivity index (χ2v) is 7.58. The van der Waals surface area contributed by atoms with Crippen LogP contribution in [0.15, 0.2) is 79.1 Å². The first-order valence-corrected chi connectivity index (χ1v) is 10.3. The molecule has 0 unspecified atom stereocenters. The van der Waals surface area contributed by atoms with Crippen molar-refractivity contribution in [3.63, 3.8) is 0 Å². The molecule has 1 aromatic heterocycles. The highest BCUT2D eigenvalue weighted by molar-refractivity contribution is 5.81. The van der Waals surface area contributed by atoms with Crippen LogP contribution in [-0.4, -0.2) is 28.9 Å². The molecule has 6 nitrogen and oxygen atoms in total. The summed E-state index contributed by atoms with van der Waals surface area (Å²) >= 11 is 0. The zero-order valence-electron chi connectivity index (χ0n) is 17.6. The van der Waals surface area contributed by atoms with Gasteiger partial charge in [0, 0.05) is 31.9 Å². The van der Waals surface area contributed by atoms with Crippen LogP contribution >= 0.6 is 0 Å². The maximum absolute atomic E-state index is 12.5. The van der Waals surface area contributed by atoms with Crippen molar-refractivity contribution in [2.24, 2.45) is 5.73 Å². The van der Waals surface area contributed by atoms with Gasteiger partial charge in [-0.3, -0.25) is 14.6 Å². The number of carbonyl (C=O) groups excluding carboxylic acids is 2. The van der Waals surface area contributed by atoms with Crippen molar-refractivity contribution in [2.75, 3.05) is 0 Å². The Morgan fingerprint density at radius 3 is 2.35 bits per heavy atom. The number of pyridine rings is 1. The van der Waals surface area contributed by atoms with E-state index in [2.05, 4.69) is 21.7 Å². The summed E-state index contributed by atoms with van der Waals surface area (Å²) in [4.78, 5) is 28.3. The molecule has 4 N–H and O–H groups in total. The summed E-state index contributed by atoms with van der Waals surface area (Å²) in [6, 6.07) is 20.7. The summed E-state index contributed by atoms with van der Waals surface area (Å²) in [6.07, 6.45) is 4.45. The molecule has 0 spiro atoms. The fourth-order valence-electron chi connectivity index (χ4n) is 3.52. The Morgan fingerprint density at radius 1 is 0.935 bits per heavy atom. The number of nitrogens with two attached hydrogens (primary N) is 1. The second-order valence-electron chi connectivity index (χ2n) is 7.58. The fourth-order valence-corrected chi connectivity index (χ4v) is 3.52. The quantitative estimate of drug-likeness (QED) is 0.500. The van der Waals surface area contributed by atoms with E-state index in [1.807, 2.05) is 60.7 Å². The lowest BCUT2D eigenvalue weighted by Crippen LogP contribution is -2.46. The molecule has 0 radical (unpaired) electrons. The Hall–Kier alpha value is -3.51. The van der Waals surface area contributed by atoms with Gasteiger partial charge < -0.3 is 16.4 Å². The van der Waals surface area contributed by atoms with Gasteiger partial charge in [0.2, 0.25) is 11.8 Å². The van der Waals surface area contributed by atoms with E-state index >= 15 is 0 Å². The van der Waals surface area contributed by atoms with Gasteiger partial charge in [0.1, 0.15) is 0 Å². The average Bonchev–Trinajstić information content (AvgIpc) is 2.78. The van der Waals surface area contributed by atoms with Crippen LogP contribution in [0.2, 0.25) is 0 Å². The molecular formula is C25H28N4O2. The van der Waals surface area contributed by atoms with E-state index in [1.54, 1.807) is 12.4 Å². The van der Waals surface area contributed by atoms with Crippen LogP contribution in [-0.2, 0) is 22.6 Å². The van der Waals surface area contributed by atoms with Crippen molar-refractivity contribution >= 4 is 11.8 Å². The van der Waals surface area contributed by atoms with E-state index in [9.17, 15) is 9.59 Å². The highest BCUT2D eigenvalue weighted by Crippen LogP contribution is 2.20. The average molecular weight is 417 g/mol. The molecule has 0 fully saturated rings. The summed E-state index contributed by atoms with van der Waals surface area (Å²) in [5, 5.41) is 5.81. The van der Waals surface area contributed by atoms with Crippen molar-refractivity contribution in [1.82, 2.24) is 15.6 Å². The minimum absolute atomic E-state index is 0.146. The molecule has 2 aromatic carbocycles. The van der Waals surface area contributed by atoms with Crippen molar-refractivity contribution in [3.05, 3.63) is 90.3 Å². The lowest BCUT2D eigenvalue weighted by Gasteiger charge is -2.22. The molecule has 2 amide bonds. The number of hydrogen-bond acceptors (Lipinski definition) is 4. The number of aromatic nitrogens is 1. The summed E-state index contributed by atoms with van der Waals surface area (Å²) in [5.41, 5.74) is 10.4. The minimum atomic E-state index is -0.719. The van der Waals surface area contributed by atoms with Gasteiger partial charge >= 0.3 is 0 Å². The van der Waals surface area contributed by atoms with Crippen LogP contribution in [0.3, 0.4) is 0 Å². The van der Waals surface area contributed by atoms with Crippen LogP contribution in [0.1, 0.15) is 24.5 Å². The van der Waals surface area contributed by atoms with Crippen molar-refractivity contribution < 1.29 is 9.59 Å². The van der Waals surface area contributed by atoms with Crippen molar-refractivity contribution in [3.8, 4) is 11.1 Å². The number of nitrogens with zero attached hydrogens (tertiary/aromatic N) is 1. The highest BCUT2D eigenvalue weighted by atomic mass is 16.2. The van der Waals surface area contributed by atoms with Gasteiger partial charge in [-0.05, 0) is 47.2 Å². The predicted octanol–water partition coefficient (Wildman–Crippen LogP) is 2.83. The fraction of sp³-hybridized carbons (Fsp3) is 0.240. The van der Waals surface area contributed by atoms with Crippen LogP contribution in [0, 0.1) is 0 Å². The molecule has 2 atom stereocenters. The normalized spacial score (nSPS) is 12.6. The number of carbonyl (C=O) groups is 2. The molecule has 31 heavy (non-hydrogen) atoms. The van der Waals surface area contributed by atoms with Gasteiger partial charge in [-0.15, -0.1) is 0 Å². The number of nitrogens with one attached hydrogen (secondary N) is 2. The summed E-state index contributed by atoms with van der Waals surface area (Å²) in [6.45, 7) is 1.90. The summed E-state index contributed by atoms with van der Waals surface area (Å²) in [5.74, 6) is -0.378. The van der Waals surface area contributed by atoms with Crippen LogP contribution in [0.4, 0.5) is 0 Å². The first-order valence-electron chi connectivity index (χ1n) is 10.3. The van der Waals surface area contributed by atoms with E-state index in [-0.39, 0.29) is 17.9 Å². The second kappa shape index (κ2) is 11.0. The largest absolute Gasteiger partial charge is 0.353 e. The van der Waals surface area contributed by atoms with Gasteiger partial charge in [-0.1, -0.05) is 54.6 Å². The number of rotatable bonds is 9. The first kappa shape index (κ1) is 22.2.